The SMILES string of the molecule is C[C@@H]1CC(=O)Nc2ccccc2N1C(=O)CN(C)C(=O)CCC1CCCC1. The van der Waals surface area contributed by atoms with Crippen LogP contribution in [0, 0.1) is 5.92 Å². The second-order valence-corrected chi connectivity index (χ2v) is 7.82. The second-order valence-electron chi connectivity index (χ2n) is 7.82. The first-order valence-electron chi connectivity index (χ1n) is 9.90. The zero-order valence-corrected chi connectivity index (χ0v) is 16.2. The lowest BCUT2D eigenvalue weighted by Crippen LogP contribution is -2.45. The van der Waals surface area contributed by atoms with Crippen LogP contribution in [0.1, 0.15) is 51.9 Å². The third-order valence-electron chi connectivity index (χ3n) is 5.67. The number of nitrogens with zero attached hydrogens (tertiary/aromatic N) is 2. The highest BCUT2D eigenvalue weighted by atomic mass is 16.2. The van der Waals surface area contributed by atoms with Gasteiger partial charge in [-0.3, -0.25) is 14.4 Å². The third kappa shape index (κ3) is 4.67. The van der Waals surface area contributed by atoms with Gasteiger partial charge in [-0.15, -0.1) is 0 Å². The van der Waals surface area contributed by atoms with Crippen LogP contribution in [0.3, 0.4) is 0 Å². The van der Waals surface area contributed by atoms with Crippen molar-refractivity contribution in [2.75, 3.05) is 23.8 Å². The Hall–Kier alpha value is -2.37. The Balaban J connectivity index is 1.65. The van der Waals surface area contributed by atoms with E-state index in [1.54, 1.807) is 18.0 Å². The van der Waals surface area contributed by atoms with Gasteiger partial charge in [-0.2, -0.15) is 0 Å². The molecule has 3 amide bonds. The highest BCUT2D eigenvalue weighted by Crippen LogP contribution is 2.31. The fourth-order valence-corrected chi connectivity index (χ4v) is 4.15. The lowest BCUT2D eigenvalue weighted by atomic mass is 10.0. The number of hydrogen-bond acceptors (Lipinski definition) is 3. The number of likely N-dealkylation sites (N-methyl/N-ethyl adjacent to an activating group) is 1. The van der Waals surface area contributed by atoms with Crippen LogP contribution in [0.4, 0.5) is 11.4 Å². The van der Waals surface area contributed by atoms with Crippen molar-refractivity contribution in [2.24, 2.45) is 5.92 Å². The minimum atomic E-state index is -0.261. The number of amides is 3. The van der Waals surface area contributed by atoms with E-state index < -0.39 is 0 Å². The van der Waals surface area contributed by atoms with Gasteiger partial charge in [0.15, 0.2) is 0 Å². The van der Waals surface area contributed by atoms with Gasteiger partial charge < -0.3 is 15.1 Å². The molecule has 0 spiro atoms. The molecular formula is C21H29N3O3. The van der Waals surface area contributed by atoms with Gasteiger partial charge in [0, 0.05) is 25.9 Å². The molecule has 1 heterocycles. The van der Waals surface area contributed by atoms with Gasteiger partial charge in [0.2, 0.25) is 17.7 Å². The molecule has 1 N–H and O–H groups in total. The summed E-state index contributed by atoms with van der Waals surface area (Å²) in [6.07, 6.45) is 6.63. The smallest absolute Gasteiger partial charge is 0.246 e. The molecule has 1 aliphatic carbocycles. The molecule has 0 radical (unpaired) electrons. The molecule has 1 aromatic carbocycles. The maximum Gasteiger partial charge on any atom is 0.246 e. The van der Waals surface area contributed by atoms with Crippen molar-refractivity contribution >= 4 is 29.1 Å². The average Bonchev–Trinajstić information content (AvgIpc) is 3.10. The van der Waals surface area contributed by atoms with Crippen molar-refractivity contribution < 1.29 is 14.4 Å². The number of hydrogen-bond donors (Lipinski definition) is 1. The van der Waals surface area contributed by atoms with Gasteiger partial charge >= 0.3 is 0 Å². The van der Waals surface area contributed by atoms with E-state index in [4.69, 9.17) is 0 Å². The van der Waals surface area contributed by atoms with Crippen molar-refractivity contribution in [3.63, 3.8) is 0 Å². The van der Waals surface area contributed by atoms with E-state index in [9.17, 15) is 14.4 Å². The maximum atomic E-state index is 13.0. The quantitative estimate of drug-likeness (QED) is 0.864. The Morgan fingerprint density at radius 1 is 1.22 bits per heavy atom. The summed E-state index contributed by atoms with van der Waals surface area (Å²) < 4.78 is 0. The van der Waals surface area contributed by atoms with Gasteiger partial charge in [0.05, 0.1) is 17.9 Å². The van der Waals surface area contributed by atoms with E-state index in [0.717, 1.165) is 6.42 Å². The average molecular weight is 371 g/mol. The van der Waals surface area contributed by atoms with Crippen LogP contribution in [0.5, 0.6) is 0 Å². The summed E-state index contributed by atoms with van der Waals surface area (Å²) in [4.78, 5) is 40.7. The van der Waals surface area contributed by atoms with Crippen LogP contribution >= 0.6 is 0 Å². The molecule has 1 aromatic rings. The molecule has 27 heavy (non-hydrogen) atoms. The number of nitrogens with one attached hydrogen (secondary N) is 1. The third-order valence-corrected chi connectivity index (χ3v) is 5.67. The van der Waals surface area contributed by atoms with Crippen LogP contribution in [0.15, 0.2) is 24.3 Å². The summed E-state index contributed by atoms with van der Waals surface area (Å²) in [5.41, 5.74) is 1.32. The molecule has 2 aliphatic rings. The molecular weight excluding hydrogens is 342 g/mol. The summed E-state index contributed by atoms with van der Waals surface area (Å²) in [5.74, 6) is 0.405. The van der Waals surface area contributed by atoms with E-state index in [1.807, 2.05) is 25.1 Å². The van der Waals surface area contributed by atoms with E-state index >= 15 is 0 Å². The molecule has 1 saturated carbocycles. The zero-order valence-electron chi connectivity index (χ0n) is 16.2. The van der Waals surface area contributed by atoms with Crippen LogP contribution in [0.25, 0.3) is 0 Å². The predicted molar refractivity (Wildman–Crippen MR) is 105 cm³/mol. The van der Waals surface area contributed by atoms with Crippen LogP contribution in [0.2, 0.25) is 0 Å². The first kappa shape index (κ1) is 19.4. The minimum absolute atomic E-state index is 0.0141. The molecule has 0 bridgehead atoms. The van der Waals surface area contributed by atoms with Crippen molar-refractivity contribution in [3.05, 3.63) is 24.3 Å². The predicted octanol–water partition coefficient (Wildman–Crippen LogP) is 3.18. The summed E-state index contributed by atoms with van der Waals surface area (Å²) in [6.45, 7) is 1.89. The highest BCUT2D eigenvalue weighted by molar-refractivity contribution is 6.05. The summed E-state index contributed by atoms with van der Waals surface area (Å²) in [6, 6.07) is 7.04. The first-order chi connectivity index (χ1) is 13.0. The highest BCUT2D eigenvalue weighted by Gasteiger charge is 2.30. The fourth-order valence-electron chi connectivity index (χ4n) is 4.15. The first-order valence-corrected chi connectivity index (χ1v) is 9.90. The van der Waals surface area contributed by atoms with E-state index in [2.05, 4.69) is 5.32 Å². The largest absolute Gasteiger partial charge is 0.336 e. The van der Waals surface area contributed by atoms with Gasteiger partial charge in [-0.1, -0.05) is 37.8 Å². The van der Waals surface area contributed by atoms with Crippen molar-refractivity contribution in [1.82, 2.24) is 4.90 Å². The number of fused-ring (bicyclic) bond motifs is 1. The molecule has 1 atom stereocenters. The number of rotatable bonds is 5. The van der Waals surface area contributed by atoms with Gasteiger partial charge in [0.1, 0.15) is 0 Å². The minimum Gasteiger partial charge on any atom is -0.336 e. The van der Waals surface area contributed by atoms with Gasteiger partial charge in [-0.25, -0.2) is 0 Å². The van der Waals surface area contributed by atoms with Crippen LogP contribution < -0.4 is 10.2 Å². The van der Waals surface area contributed by atoms with Crippen LogP contribution in [-0.2, 0) is 14.4 Å². The summed E-state index contributed by atoms with van der Waals surface area (Å²) >= 11 is 0. The molecule has 1 fully saturated rings. The van der Waals surface area contributed by atoms with E-state index in [1.165, 1.54) is 30.6 Å². The molecule has 146 valence electrons. The number of anilines is 2. The lowest BCUT2D eigenvalue weighted by molar-refractivity contribution is -0.134. The van der Waals surface area contributed by atoms with Crippen molar-refractivity contribution in [2.45, 2.75) is 57.9 Å². The number of carbonyl (C=O) groups excluding carboxylic acids is 3. The zero-order chi connectivity index (χ0) is 19.4. The van der Waals surface area contributed by atoms with Gasteiger partial charge in [-0.05, 0) is 31.4 Å². The molecule has 0 saturated heterocycles. The van der Waals surface area contributed by atoms with E-state index in [0.29, 0.717) is 23.7 Å². The molecule has 6 nitrogen and oxygen atoms in total. The molecule has 0 aromatic heterocycles. The van der Waals surface area contributed by atoms with Crippen molar-refractivity contribution in [3.8, 4) is 0 Å². The standard InChI is InChI=1S/C21H29N3O3/c1-15-13-19(25)22-17-9-5-6-10-18(17)24(15)21(27)14-23(2)20(26)12-11-16-7-3-4-8-16/h5-6,9-10,15-16H,3-4,7-8,11-14H2,1-2H3,(H,22,25)/t15-/m1/s1. The Morgan fingerprint density at radius 2 is 1.93 bits per heavy atom. The number of carbonyl (C=O) groups is 3. The monoisotopic (exact) mass is 371 g/mol. The lowest BCUT2D eigenvalue weighted by Gasteiger charge is -2.30. The second kappa shape index (κ2) is 8.55. The van der Waals surface area contributed by atoms with E-state index in [-0.39, 0.29) is 36.7 Å². The van der Waals surface area contributed by atoms with Crippen molar-refractivity contribution in [1.29, 1.82) is 0 Å². The molecule has 0 unspecified atom stereocenters. The molecule has 1 aliphatic heterocycles. The van der Waals surface area contributed by atoms with Gasteiger partial charge in [0.25, 0.3) is 0 Å². The molecule has 3 rings (SSSR count). The number of benzene rings is 1. The molecule has 6 heteroatoms. The fraction of sp³-hybridized carbons (Fsp3) is 0.571. The normalized spacial score (nSPS) is 20.0. The Labute approximate surface area is 160 Å². The Morgan fingerprint density at radius 3 is 2.67 bits per heavy atom. The Kier molecular flexibility index (Phi) is 6.14. The van der Waals surface area contributed by atoms with Crippen LogP contribution in [-0.4, -0.2) is 42.3 Å². The maximum absolute atomic E-state index is 13.0. The summed E-state index contributed by atoms with van der Waals surface area (Å²) in [5, 5.41) is 2.85. The topological polar surface area (TPSA) is 69.7 Å². The number of para-hydroxylation sites is 2. The summed E-state index contributed by atoms with van der Waals surface area (Å²) in [7, 11) is 1.69. The Bertz CT molecular complexity index is 712.